The smallest absolute Gasteiger partial charge is 0.357 e. The summed E-state index contributed by atoms with van der Waals surface area (Å²) in [6.45, 7) is 2.93. The lowest BCUT2D eigenvalue weighted by Crippen LogP contribution is -2.33. The Balaban J connectivity index is 1.56. The maximum absolute atomic E-state index is 13.6. The first-order valence-corrected chi connectivity index (χ1v) is 14.2. The molecule has 1 unspecified atom stereocenters. The second kappa shape index (κ2) is 11.6. The van der Waals surface area contributed by atoms with Crippen LogP contribution in [0, 0.1) is 0 Å². The van der Waals surface area contributed by atoms with Crippen molar-refractivity contribution >= 4 is 41.0 Å². The third kappa shape index (κ3) is 5.44. The van der Waals surface area contributed by atoms with Crippen molar-refractivity contribution in [3.05, 3.63) is 93.0 Å². The highest BCUT2D eigenvalue weighted by Gasteiger charge is 2.38. The van der Waals surface area contributed by atoms with Crippen molar-refractivity contribution in [2.75, 3.05) is 19.8 Å². The molecule has 0 spiro atoms. The van der Waals surface area contributed by atoms with E-state index in [2.05, 4.69) is 21.2 Å². The van der Waals surface area contributed by atoms with Crippen LogP contribution < -0.4 is 10.1 Å². The zero-order valence-electron chi connectivity index (χ0n) is 20.6. The molecule has 0 heterocycles. The number of carbonyl (C=O) groups excluding carboxylic acids is 3. The van der Waals surface area contributed by atoms with Crippen molar-refractivity contribution in [3.63, 3.8) is 0 Å². The third-order valence-electron chi connectivity index (χ3n) is 5.81. The number of benzene rings is 3. The number of phenols is 1. The number of hydrogen-bond acceptors (Lipinski definition) is 8. The van der Waals surface area contributed by atoms with E-state index >= 15 is 0 Å². The topological polar surface area (TPSA) is 128 Å². The quantitative estimate of drug-likeness (QED) is 0.231. The summed E-state index contributed by atoms with van der Waals surface area (Å²) in [4.78, 5) is 38.8. The Morgan fingerprint density at radius 1 is 0.921 bits per heavy atom. The summed E-state index contributed by atoms with van der Waals surface area (Å²) in [7, 11) is -3.82. The van der Waals surface area contributed by atoms with E-state index in [9.17, 15) is 24.1 Å². The molecule has 2 N–H and O–H groups in total. The van der Waals surface area contributed by atoms with Crippen LogP contribution in [0.2, 0.25) is 0 Å². The lowest BCUT2D eigenvalue weighted by atomic mass is 9.83. The van der Waals surface area contributed by atoms with Gasteiger partial charge in [0.1, 0.15) is 0 Å². The van der Waals surface area contributed by atoms with Crippen molar-refractivity contribution in [2.24, 2.45) is 0 Å². The molecule has 1 atom stereocenters. The zero-order chi connectivity index (χ0) is 27.4. The number of aromatic hydroxyl groups is 1. The molecule has 1 aliphatic rings. The molecule has 0 saturated heterocycles. The van der Waals surface area contributed by atoms with Crippen LogP contribution in [0.4, 0.5) is 0 Å². The Labute approximate surface area is 227 Å². The fraction of sp³-hybridized carbons (Fsp3) is 0.222. The maximum atomic E-state index is 13.6. The van der Waals surface area contributed by atoms with Gasteiger partial charge in [-0.3, -0.25) is 18.9 Å². The normalized spacial score (nSPS) is 13.4. The maximum Gasteiger partial charge on any atom is 0.357 e. The molecule has 38 heavy (non-hydrogen) atoms. The van der Waals surface area contributed by atoms with Crippen molar-refractivity contribution in [1.82, 2.24) is 5.32 Å². The number of fused-ring (bicyclic) bond motifs is 2. The molecule has 1 amide bonds. The van der Waals surface area contributed by atoms with Crippen molar-refractivity contribution in [2.45, 2.75) is 19.6 Å². The third-order valence-corrected chi connectivity index (χ3v) is 8.63. The monoisotopic (exact) mass is 601 g/mol. The lowest BCUT2D eigenvalue weighted by Gasteiger charge is -2.27. The molecule has 0 aromatic heterocycles. The van der Waals surface area contributed by atoms with Crippen LogP contribution >= 0.6 is 23.5 Å². The van der Waals surface area contributed by atoms with Gasteiger partial charge >= 0.3 is 7.60 Å². The van der Waals surface area contributed by atoms with Gasteiger partial charge in [0.05, 0.1) is 18.8 Å². The highest BCUT2D eigenvalue weighted by atomic mass is 79.9. The van der Waals surface area contributed by atoms with Gasteiger partial charge in [-0.05, 0) is 43.7 Å². The van der Waals surface area contributed by atoms with Gasteiger partial charge in [-0.1, -0.05) is 52.3 Å². The molecule has 0 aliphatic heterocycles. The summed E-state index contributed by atoms with van der Waals surface area (Å²) in [5.74, 6) is -3.41. The van der Waals surface area contributed by atoms with Crippen molar-refractivity contribution < 1.29 is 37.8 Å². The van der Waals surface area contributed by atoms with Crippen LogP contribution in [0.25, 0.3) is 0 Å². The predicted molar refractivity (Wildman–Crippen MR) is 143 cm³/mol. The second-order valence-electron chi connectivity index (χ2n) is 8.22. The second-order valence-corrected chi connectivity index (χ2v) is 11.3. The number of carbonyl (C=O) groups is 3. The van der Waals surface area contributed by atoms with E-state index in [0.717, 1.165) is 4.47 Å². The minimum atomic E-state index is -3.82. The fourth-order valence-electron chi connectivity index (χ4n) is 4.14. The SMILES string of the molecule is CCOP(=O)(OCC)C(NC(=O)COc1ccc2c(c1O)C(=O)c1ccccc1C2=O)c1ccc(Br)cc1. The molecule has 198 valence electrons. The zero-order valence-corrected chi connectivity index (χ0v) is 23.1. The number of ether oxygens (including phenoxy) is 1. The van der Waals surface area contributed by atoms with E-state index in [1.165, 1.54) is 18.2 Å². The molecule has 0 bridgehead atoms. The average molecular weight is 602 g/mol. The van der Waals surface area contributed by atoms with Gasteiger partial charge in [-0.2, -0.15) is 0 Å². The van der Waals surface area contributed by atoms with E-state index in [0.29, 0.717) is 5.56 Å². The van der Waals surface area contributed by atoms with Gasteiger partial charge in [0.15, 0.2) is 35.5 Å². The summed E-state index contributed by atoms with van der Waals surface area (Å²) in [5, 5.41) is 13.4. The summed E-state index contributed by atoms with van der Waals surface area (Å²) < 4.78 is 30.8. The van der Waals surface area contributed by atoms with Gasteiger partial charge in [-0.15, -0.1) is 0 Å². The van der Waals surface area contributed by atoms with Crippen LogP contribution in [0.1, 0.15) is 57.0 Å². The van der Waals surface area contributed by atoms with E-state index in [1.54, 1.807) is 56.3 Å². The molecular weight excluding hydrogens is 577 g/mol. The lowest BCUT2D eigenvalue weighted by molar-refractivity contribution is -0.123. The van der Waals surface area contributed by atoms with Crippen LogP contribution in [0.15, 0.2) is 65.1 Å². The highest BCUT2D eigenvalue weighted by Crippen LogP contribution is 2.59. The number of phenolic OH excluding ortho intramolecular Hbond substituents is 1. The van der Waals surface area contributed by atoms with E-state index in [4.69, 9.17) is 13.8 Å². The molecule has 4 rings (SSSR count). The number of amides is 1. The Hall–Kier alpha value is -3.30. The Bertz CT molecular complexity index is 1430. The van der Waals surface area contributed by atoms with Gasteiger partial charge in [0.25, 0.3) is 5.91 Å². The Morgan fingerprint density at radius 3 is 2.13 bits per heavy atom. The summed E-state index contributed by atoms with van der Waals surface area (Å²) in [6, 6.07) is 15.9. The number of nitrogens with one attached hydrogen (secondary N) is 1. The average Bonchev–Trinajstić information content (AvgIpc) is 2.90. The Kier molecular flexibility index (Phi) is 8.47. The summed E-state index contributed by atoms with van der Waals surface area (Å²) in [5.41, 5.74) is 0.787. The van der Waals surface area contributed by atoms with Crippen LogP contribution in [0.3, 0.4) is 0 Å². The minimum Gasteiger partial charge on any atom is -0.504 e. The van der Waals surface area contributed by atoms with Crippen LogP contribution in [-0.2, 0) is 18.4 Å². The van der Waals surface area contributed by atoms with Gasteiger partial charge in [0.2, 0.25) is 0 Å². The van der Waals surface area contributed by atoms with E-state index in [1.807, 2.05) is 0 Å². The van der Waals surface area contributed by atoms with E-state index < -0.39 is 43.2 Å². The van der Waals surface area contributed by atoms with Crippen LogP contribution in [-0.4, -0.2) is 42.4 Å². The number of hydrogen-bond donors (Lipinski definition) is 2. The van der Waals surface area contributed by atoms with Crippen LogP contribution in [0.5, 0.6) is 11.5 Å². The summed E-state index contributed by atoms with van der Waals surface area (Å²) in [6.07, 6.45) is 0. The first-order chi connectivity index (χ1) is 18.2. The van der Waals surface area contributed by atoms with E-state index in [-0.39, 0.29) is 41.2 Å². The fourth-order valence-corrected chi connectivity index (χ4v) is 6.34. The molecular formula is C27H25BrNO8P. The molecule has 11 heteroatoms. The Morgan fingerprint density at radius 2 is 1.53 bits per heavy atom. The number of halogens is 1. The molecule has 3 aromatic carbocycles. The summed E-state index contributed by atoms with van der Waals surface area (Å²) >= 11 is 3.35. The largest absolute Gasteiger partial charge is 0.504 e. The molecule has 1 aliphatic carbocycles. The first-order valence-electron chi connectivity index (χ1n) is 11.8. The van der Waals surface area contributed by atoms with Gasteiger partial charge in [0, 0.05) is 21.2 Å². The predicted octanol–water partition coefficient (Wildman–Crippen LogP) is 5.39. The van der Waals surface area contributed by atoms with Crippen molar-refractivity contribution in [3.8, 4) is 11.5 Å². The molecule has 9 nitrogen and oxygen atoms in total. The molecule has 0 radical (unpaired) electrons. The molecule has 0 saturated carbocycles. The standard InChI is InChI=1S/C27H25BrNO8P/c1-3-36-38(34,37-4-2)27(16-9-11-17(28)12-10-16)29-22(30)15-35-21-14-13-20-23(26(21)33)25(32)19-8-6-5-7-18(19)24(20)31/h5-14,27,33H,3-4,15H2,1-2H3,(H,29,30). The highest BCUT2D eigenvalue weighted by molar-refractivity contribution is 9.10. The minimum absolute atomic E-state index is 0.0488. The number of rotatable bonds is 10. The molecule has 0 fully saturated rings. The van der Waals surface area contributed by atoms with Gasteiger partial charge in [-0.25, -0.2) is 0 Å². The first kappa shape index (κ1) is 27.7. The van der Waals surface area contributed by atoms with Gasteiger partial charge < -0.3 is 24.2 Å². The number of ketones is 2. The van der Waals surface area contributed by atoms with Crippen molar-refractivity contribution in [1.29, 1.82) is 0 Å². The molecule has 3 aromatic rings.